The fraction of sp³-hybridized carbons (Fsp3) is 0.0857. The van der Waals surface area contributed by atoms with Gasteiger partial charge in [-0.1, -0.05) is 66.7 Å². The molecule has 6 nitrogen and oxygen atoms in total. The van der Waals surface area contributed by atoms with Crippen LogP contribution < -0.4 is 18.9 Å². The summed E-state index contributed by atoms with van der Waals surface area (Å²) >= 11 is 0. The minimum absolute atomic E-state index is 0.464. The second kappa shape index (κ2) is 12.2. The molecule has 0 saturated heterocycles. The van der Waals surface area contributed by atoms with Crippen LogP contribution >= 0.6 is 0 Å². The van der Waals surface area contributed by atoms with Crippen LogP contribution in [-0.2, 0) is 0 Å². The largest absolute Gasteiger partial charge is 0.493 e. The summed E-state index contributed by atoms with van der Waals surface area (Å²) in [7, 11) is 1.66. The number of rotatable bonds is 5. The summed E-state index contributed by atoms with van der Waals surface area (Å²) in [5, 5.41) is 0. The van der Waals surface area contributed by atoms with Gasteiger partial charge in [0.25, 0.3) is 13.5 Å². The zero-order chi connectivity index (χ0) is 27.9. The van der Waals surface area contributed by atoms with Gasteiger partial charge in [-0.2, -0.15) is 9.15 Å². The van der Waals surface area contributed by atoms with E-state index in [1.165, 1.54) is 0 Å². The quantitative estimate of drug-likeness (QED) is 0.217. The number of benzene rings is 5. The predicted molar refractivity (Wildman–Crippen MR) is 160 cm³/mol. The Balaban J connectivity index is 0.000000152. The van der Waals surface area contributed by atoms with Crippen molar-refractivity contribution in [1.82, 2.24) is 0 Å². The lowest BCUT2D eigenvalue weighted by Gasteiger charge is -2.17. The van der Waals surface area contributed by atoms with E-state index in [4.69, 9.17) is 18.9 Å². The molecule has 7 rings (SSSR count). The van der Waals surface area contributed by atoms with Gasteiger partial charge < -0.3 is 18.9 Å². The van der Waals surface area contributed by atoms with Crippen LogP contribution in [0.3, 0.4) is 0 Å². The monoisotopic (exact) mass is 542 g/mol. The van der Waals surface area contributed by atoms with E-state index in [1.54, 1.807) is 7.11 Å². The maximum atomic E-state index is 5.96. The Hall–Kier alpha value is -5.36. The van der Waals surface area contributed by atoms with Crippen LogP contribution in [0.2, 0.25) is 0 Å². The van der Waals surface area contributed by atoms with Crippen LogP contribution in [0.5, 0.6) is 28.7 Å². The smallest absolute Gasteiger partial charge is 0.292 e. The third kappa shape index (κ3) is 5.97. The summed E-state index contributed by atoms with van der Waals surface area (Å²) in [4.78, 5) is 0. The highest BCUT2D eigenvalue weighted by Crippen LogP contribution is 2.36. The Labute approximate surface area is 239 Å². The molecule has 0 aromatic heterocycles. The maximum Gasteiger partial charge on any atom is 0.292 e. The normalized spacial score (nSPS) is 13.0. The highest BCUT2D eigenvalue weighted by Gasteiger charge is 2.23. The van der Waals surface area contributed by atoms with Crippen molar-refractivity contribution >= 4 is 23.8 Å². The Morgan fingerprint density at radius 1 is 0.512 bits per heavy atom. The molecule has 0 saturated carbocycles. The fourth-order valence-electron chi connectivity index (χ4n) is 4.65. The predicted octanol–water partition coefficient (Wildman–Crippen LogP) is 7.40. The molecule has 202 valence electrons. The molecule has 0 aliphatic carbocycles. The molecular formula is C35H30N2O4+2. The van der Waals surface area contributed by atoms with Crippen LogP contribution in [0, 0.1) is 0 Å². The number of ether oxygens (including phenoxy) is 4. The summed E-state index contributed by atoms with van der Waals surface area (Å²) < 4.78 is 27.1. The van der Waals surface area contributed by atoms with Gasteiger partial charge in [0.1, 0.15) is 5.75 Å². The summed E-state index contributed by atoms with van der Waals surface area (Å²) in [6.07, 6.45) is 4.17. The Morgan fingerprint density at radius 3 is 1.49 bits per heavy atom. The van der Waals surface area contributed by atoms with Crippen molar-refractivity contribution in [3.63, 3.8) is 0 Å². The lowest BCUT2D eigenvalue weighted by atomic mass is 10.2. The van der Waals surface area contributed by atoms with Gasteiger partial charge in [-0.05, 0) is 36.4 Å². The molecule has 0 unspecified atom stereocenters. The van der Waals surface area contributed by atoms with Gasteiger partial charge in [0.2, 0.25) is 11.4 Å². The highest BCUT2D eigenvalue weighted by molar-refractivity contribution is 5.84. The van der Waals surface area contributed by atoms with Gasteiger partial charge in [-0.3, -0.25) is 0 Å². The summed E-state index contributed by atoms with van der Waals surface area (Å²) in [5.41, 5.74) is 4.26. The summed E-state index contributed by atoms with van der Waals surface area (Å²) in [6, 6.07) is 41.9. The van der Waals surface area contributed by atoms with Crippen LogP contribution in [0.1, 0.15) is 11.1 Å². The molecule has 0 amide bonds. The van der Waals surface area contributed by atoms with Gasteiger partial charge in [-0.15, -0.1) is 0 Å². The molecule has 0 bridgehead atoms. The Bertz CT molecular complexity index is 1680. The molecule has 2 aliphatic rings. The van der Waals surface area contributed by atoms with Crippen LogP contribution in [-0.4, -0.2) is 42.2 Å². The average molecular weight is 543 g/mol. The first-order valence-electron chi connectivity index (χ1n) is 13.4. The average Bonchev–Trinajstić information content (AvgIpc) is 3.06. The molecule has 0 N–H and O–H groups in total. The molecular weight excluding hydrogens is 512 g/mol. The third-order valence-electron chi connectivity index (χ3n) is 6.67. The van der Waals surface area contributed by atoms with E-state index in [2.05, 4.69) is 45.8 Å². The number of methoxy groups -OCH3 is 1. The highest BCUT2D eigenvalue weighted by atomic mass is 16.5. The van der Waals surface area contributed by atoms with Crippen molar-refractivity contribution in [1.29, 1.82) is 0 Å². The summed E-state index contributed by atoms with van der Waals surface area (Å²) in [5.74, 6) is 3.90. The lowest BCUT2D eigenvalue weighted by Crippen LogP contribution is -2.20. The number of fused-ring (bicyclic) bond motifs is 2. The third-order valence-corrected chi connectivity index (χ3v) is 6.67. The van der Waals surface area contributed by atoms with E-state index < -0.39 is 0 Å². The zero-order valence-corrected chi connectivity index (χ0v) is 22.7. The number of hydrogen-bond donors (Lipinski definition) is 0. The molecule has 6 heteroatoms. The van der Waals surface area contributed by atoms with E-state index in [-0.39, 0.29) is 0 Å². The van der Waals surface area contributed by atoms with Gasteiger partial charge in [0.15, 0.2) is 35.4 Å². The topological polar surface area (TPSA) is 42.9 Å². The summed E-state index contributed by atoms with van der Waals surface area (Å²) in [6.45, 7) is 0.962. The molecule has 0 spiro atoms. The van der Waals surface area contributed by atoms with Gasteiger partial charge in [0.05, 0.1) is 18.2 Å². The van der Waals surface area contributed by atoms with E-state index in [1.807, 2.05) is 103 Å². The Kier molecular flexibility index (Phi) is 7.72. The number of nitrogens with zero attached hydrogens (tertiary/aromatic N) is 2. The SMILES string of the molecule is C1=[N+](c2ccccc2)COc2c1cccc2Oc1ccccc1.COc1cccc2c1OC[N+](c1ccccc1)=C2. The fourth-order valence-corrected chi connectivity index (χ4v) is 4.65. The van der Waals surface area contributed by atoms with E-state index in [0.29, 0.717) is 13.5 Å². The van der Waals surface area contributed by atoms with Crippen LogP contribution in [0.25, 0.3) is 0 Å². The van der Waals surface area contributed by atoms with Crippen molar-refractivity contribution in [2.75, 3.05) is 20.6 Å². The van der Waals surface area contributed by atoms with Crippen molar-refractivity contribution in [3.8, 4) is 28.7 Å². The molecule has 0 radical (unpaired) electrons. The van der Waals surface area contributed by atoms with Crippen LogP contribution in [0.15, 0.2) is 127 Å². The second-order valence-electron chi connectivity index (χ2n) is 9.38. The van der Waals surface area contributed by atoms with E-state index >= 15 is 0 Å². The molecule has 2 heterocycles. The zero-order valence-electron chi connectivity index (χ0n) is 22.7. The van der Waals surface area contributed by atoms with Gasteiger partial charge in [0, 0.05) is 24.3 Å². The number of hydrogen-bond acceptors (Lipinski definition) is 4. The lowest BCUT2D eigenvalue weighted by molar-refractivity contribution is -0.476. The minimum atomic E-state index is 0.464. The molecule has 0 fully saturated rings. The molecule has 41 heavy (non-hydrogen) atoms. The van der Waals surface area contributed by atoms with Crippen molar-refractivity contribution < 1.29 is 28.1 Å². The molecule has 0 atom stereocenters. The Morgan fingerprint density at radius 2 is 0.976 bits per heavy atom. The minimum Gasteiger partial charge on any atom is -0.493 e. The standard InChI is InChI=1S/C20H16NO2.C15H14NO2/c1-3-9-17(10-4-1)21-14-16-8-7-13-19(20(16)22-15-21)23-18-11-5-2-6-12-18;1-17-14-9-5-6-12-10-16(11-18-15(12)14)13-7-3-2-4-8-13/h1-14H,15H2;2-10H,11H2,1H3/q2*+1. The first-order valence-corrected chi connectivity index (χ1v) is 13.4. The first kappa shape index (κ1) is 25.9. The van der Waals surface area contributed by atoms with Crippen molar-refractivity contribution in [2.45, 2.75) is 0 Å². The van der Waals surface area contributed by atoms with Crippen molar-refractivity contribution in [3.05, 3.63) is 139 Å². The second-order valence-corrected chi connectivity index (χ2v) is 9.38. The van der Waals surface area contributed by atoms with Gasteiger partial charge >= 0.3 is 0 Å². The first-order chi connectivity index (χ1) is 20.3. The molecule has 5 aromatic rings. The van der Waals surface area contributed by atoms with Crippen LogP contribution in [0.4, 0.5) is 11.4 Å². The molecule has 2 aliphatic heterocycles. The van der Waals surface area contributed by atoms with E-state index in [0.717, 1.165) is 51.2 Å². The molecule has 5 aromatic carbocycles. The van der Waals surface area contributed by atoms with Gasteiger partial charge in [-0.25, -0.2) is 0 Å². The maximum absolute atomic E-state index is 5.96. The van der Waals surface area contributed by atoms with Crippen molar-refractivity contribution in [2.24, 2.45) is 0 Å². The van der Waals surface area contributed by atoms with E-state index in [9.17, 15) is 0 Å². The number of para-hydroxylation sites is 5.